The summed E-state index contributed by atoms with van der Waals surface area (Å²) in [6.45, 7) is 1.77. The number of halogens is 1. The van der Waals surface area contributed by atoms with E-state index in [-0.39, 0.29) is 6.10 Å². The molecule has 1 aromatic carbocycles. The Morgan fingerprint density at radius 2 is 2.25 bits per heavy atom. The van der Waals surface area contributed by atoms with Crippen molar-refractivity contribution in [2.24, 2.45) is 0 Å². The molecule has 2 nitrogen and oxygen atoms in total. The third-order valence-corrected chi connectivity index (χ3v) is 2.28. The van der Waals surface area contributed by atoms with Crippen molar-refractivity contribution in [3.05, 3.63) is 28.2 Å². The summed E-state index contributed by atoms with van der Waals surface area (Å²) in [6, 6.07) is 5.69. The minimum absolute atomic E-state index is 0.305. The van der Waals surface area contributed by atoms with E-state index in [4.69, 9.17) is 10.8 Å². The molecule has 0 amide bonds. The molecule has 0 radical (unpaired) electrons. The van der Waals surface area contributed by atoms with Gasteiger partial charge in [-0.15, -0.1) is 0 Å². The fourth-order valence-electron chi connectivity index (χ4n) is 1.04. The van der Waals surface area contributed by atoms with Gasteiger partial charge in [-0.05, 0) is 47.0 Å². The first-order valence-corrected chi connectivity index (χ1v) is 4.61. The summed E-state index contributed by atoms with van der Waals surface area (Å²) in [6.07, 6.45) is 0.360. The summed E-state index contributed by atoms with van der Waals surface area (Å²) >= 11 is 3.33. The average Bonchev–Trinajstić information content (AvgIpc) is 1.96. The molecule has 3 heteroatoms. The van der Waals surface area contributed by atoms with Gasteiger partial charge in [-0.1, -0.05) is 6.07 Å². The number of aliphatic hydroxyl groups is 1. The lowest BCUT2D eigenvalue weighted by molar-refractivity contribution is 0.195. The van der Waals surface area contributed by atoms with Gasteiger partial charge in [-0.2, -0.15) is 0 Å². The zero-order valence-corrected chi connectivity index (χ0v) is 8.51. The minimum atomic E-state index is -0.305. The Morgan fingerprint density at radius 3 is 2.75 bits per heavy atom. The standard InChI is InChI=1S/C9H12BrNO/c1-6(12)4-7-2-3-9(11)8(10)5-7/h2-3,5-6,12H,4,11H2,1H3. The Morgan fingerprint density at radius 1 is 1.58 bits per heavy atom. The number of rotatable bonds is 2. The highest BCUT2D eigenvalue weighted by atomic mass is 79.9. The number of anilines is 1. The van der Waals surface area contributed by atoms with Gasteiger partial charge >= 0.3 is 0 Å². The fraction of sp³-hybridized carbons (Fsp3) is 0.333. The van der Waals surface area contributed by atoms with E-state index < -0.39 is 0 Å². The van der Waals surface area contributed by atoms with E-state index in [0.717, 1.165) is 15.7 Å². The molecule has 0 spiro atoms. The molecule has 0 aliphatic carbocycles. The summed E-state index contributed by atoms with van der Waals surface area (Å²) in [4.78, 5) is 0. The molecule has 0 bridgehead atoms. The van der Waals surface area contributed by atoms with Gasteiger partial charge in [0.1, 0.15) is 0 Å². The molecule has 1 aromatic rings. The normalized spacial score (nSPS) is 12.9. The molecule has 0 saturated heterocycles. The second kappa shape index (κ2) is 3.92. The van der Waals surface area contributed by atoms with E-state index in [2.05, 4.69) is 15.9 Å². The number of hydrogen-bond acceptors (Lipinski definition) is 2. The molecule has 1 atom stereocenters. The van der Waals surface area contributed by atoms with Gasteiger partial charge in [-0.3, -0.25) is 0 Å². The predicted molar refractivity (Wildman–Crippen MR) is 53.9 cm³/mol. The minimum Gasteiger partial charge on any atom is -0.398 e. The number of benzene rings is 1. The molecule has 1 rings (SSSR count). The molecular weight excluding hydrogens is 218 g/mol. The molecule has 0 aromatic heterocycles. The van der Waals surface area contributed by atoms with E-state index in [1.807, 2.05) is 18.2 Å². The second-order valence-electron chi connectivity index (χ2n) is 2.91. The smallest absolute Gasteiger partial charge is 0.0552 e. The second-order valence-corrected chi connectivity index (χ2v) is 3.76. The predicted octanol–water partition coefficient (Wildman–Crippen LogP) is 1.95. The molecule has 0 fully saturated rings. The molecule has 12 heavy (non-hydrogen) atoms. The number of nitrogen functional groups attached to an aromatic ring is 1. The van der Waals surface area contributed by atoms with Crippen molar-refractivity contribution in [3.8, 4) is 0 Å². The highest BCUT2D eigenvalue weighted by molar-refractivity contribution is 9.10. The van der Waals surface area contributed by atoms with Crippen LogP contribution in [0.2, 0.25) is 0 Å². The largest absolute Gasteiger partial charge is 0.398 e. The Labute approximate surface area is 80.5 Å². The van der Waals surface area contributed by atoms with Crippen molar-refractivity contribution in [3.63, 3.8) is 0 Å². The summed E-state index contributed by atoms with van der Waals surface area (Å²) < 4.78 is 0.889. The van der Waals surface area contributed by atoms with E-state index in [9.17, 15) is 0 Å². The van der Waals surface area contributed by atoms with Crippen LogP contribution in [-0.4, -0.2) is 11.2 Å². The Hall–Kier alpha value is -0.540. The first-order chi connectivity index (χ1) is 5.59. The highest BCUT2D eigenvalue weighted by Crippen LogP contribution is 2.20. The lowest BCUT2D eigenvalue weighted by Crippen LogP contribution is -2.04. The van der Waals surface area contributed by atoms with Gasteiger partial charge in [0.15, 0.2) is 0 Å². The third-order valence-electron chi connectivity index (χ3n) is 1.60. The molecule has 0 saturated carbocycles. The average molecular weight is 230 g/mol. The fourth-order valence-corrected chi connectivity index (χ4v) is 1.46. The summed E-state index contributed by atoms with van der Waals surface area (Å²) in [5.74, 6) is 0. The van der Waals surface area contributed by atoms with Gasteiger partial charge in [0.2, 0.25) is 0 Å². The van der Waals surface area contributed by atoms with Crippen LogP contribution in [0.1, 0.15) is 12.5 Å². The zero-order chi connectivity index (χ0) is 9.14. The monoisotopic (exact) mass is 229 g/mol. The molecule has 0 aliphatic heterocycles. The van der Waals surface area contributed by atoms with Crippen LogP contribution in [0.25, 0.3) is 0 Å². The van der Waals surface area contributed by atoms with Crippen LogP contribution in [0.15, 0.2) is 22.7 Å². The van der Waals surface area contributed by atoms with Crippen molar-refractivity contribution in [1.82, 2.24) is 0 Å². The topological polar surface area (TPSA) is 46.2 Å². The number of aliphatic hydroxyl groups excluding tert-OH is 1. The van der Waals surface area contributed by atoms with Gasteiger partial charge in [0, 0.05) is 10.2 Å². The molecule has 66 valence electrons. The van der Waals surface area contributed by atoms with Crippen LogP contribution < -0.4 is 5.73 Å². The van der Waals surface area contributed by atoms with Crippen molar-refractivity contribution < 1.29 is 5.11 Å². The van der Waals surface area contributed by atoms with Crippen molar-refractivity contribution in [1.29, 1.82) is 0 Å². The summed E-state index contributed by atoms with van der Waals surface area (Å²) in [5, 5.41) is 9.12. The van der Waals surface area contributed by atoms with Crippen LogP contribution in [0.4, 0.5) is 5.69 Å². The zero-order valence-electron chi connectivity index (χ0n) is 6.92. The van der Waals surface area contributed by atoms with Crippen molar-refractivity contribution in [2.45, 2.75) is 19.4 Å². The van der Waals surface area contributed by atoms with E-state index in [1.165, 1.54) is 0 Å². The van der Waals surface area contributed by atoms with Gasteiger partial charge in [0.05, 0.1) is 6.10 Å². The van der Waals surface area contributed by atoms with Gasteiger partial charge < -0.3 is 10.8 Å². The number of nitrogens with two attached hydrogens (primary N) is 1. The molecule has 0 aliphatic rings. The Balaban J connectivity index is 2.82. The van der Waals surface area contributed by atoms with Crippen LogP contribution >= 0.6 is 15.9 Å². The maximum absolute atomic E-state index is 9.12. The highest BCUT2D eigenvalue weighted by Gasteiger charge is 2.01. The van der Waals surface area contributed by atoms with Crippen LogP contribution in [0, 0.1) is 0 Å². The van der Waals surface area contributed by atoms with E-state index >= 15 is 0 Å². The molecule has 1 unspecified atom stereocenters. The quantitative estimate of drug-likeness (QED) is 0.763. The van der Waals surface area contributed by atoms with Crippen LogP contribution in [0.5, 0.6) is 0 Å². The molecule has 3 N–H and O–H groups in total. The summed E-state index contributed by atoms with van der Waals surface area (Å²) in [5.41, 5.74) is 7.43. The lowest BCUT2D eigenvalue weighted by Gasteiger charge is -2.05. The lowest BCUT2D eigenvalue weighted by atomic mass is 10.1. The first-order valence-electron chi connectivity index (χ1n) is 3.81. The summed E-state index contributed by atoms with van der Waals surface area (Å²) in [7, 11) is 0. The van der Waals surface area contributed by atoms with E-state index in [1.54, 1.807) is 6.92 Å². The first kappa shape index (κ1) is 9.55. The van der Waals surface area contributed by atoms with Crippen LogP contribution in [0.3, 0.4) is 0 Å². The Bertz CT molecular complexity index is 273. The third kappa shape index (κ3) is 2.50. The Kier molecular flexibility index (Phi) is 3.12. The van der Waals surface area contributed by atoms with E-state index in [0.29, 0.717) is 6.42 Å². The van der Waals surface area contributed by atoms with Gasteiger partial charge in [-0.25, -0.2) is 0 Å². The van der Waals surface area contributed by atoms with Crippen molar-refractivity contribution >= 4 is 21.6 Å². The maximum atomic E-state index is 9.12. The van der Waals surface area contributed by atoms with Crippen LogP contribution in [-0.2, 0) is 6.42 Å². The molecule has 0 heterocycles. The maximum Gasteiger partial charge on any atom is 0.0552 e. The van der Waals surface area contributed by atoms with Gasteiger partial charge in [0.25, 0.3) is 0 Å². The SMILES string of the molecule is CC(O)Cc1ccc(N)c(Br)c1. The van der Waals surface area contributed by atoms with Crippen molar-refractivity contribution in [2.75, 3.05) is 5.73 Å². The molecular formula is C9H12BrNO. The number of hydrogen-bond donors (Lipinski definition) is 2.